The molecule has 5 heteroatoms. The minimum atomic E-state index is -0.371. The van der Waals surface area contributed by atoms with Gasteiger partial charge in [-0.1, -0.05) is 12.1 Å². The molecule has 0 aliphatic carbocycles. The molecular formula is C16H22BNO3. The summed E-state index contributed by atoms with van der Waals surface area (Å²) < 4.78 is 12.2. The summed E-state index contributed by atoms with van der Waals surface area (Å²) in [6.45, 7) is 10.9. The molecule has 1 saturated heterocycles. The Morgan fingerprint density at radius 3 is 2.38 bits per heavy atom. The summed E-state index contributed by atoms with van der Waals surface area (Å²) >= 11 is 0. The van der Waals surface area contributed by atoms with Crippen molar-refractivity contribution in [1.29, 1.82) is 0 Å². The Bertz CT molecular complexity index is 594. The number of aryl methyl sites for hydroxylation is 1. The van der Waals surface area contributed by atoms with E-state index in [2.05, 4.69) is 11.4 Å². The second kappa shape index (κ2) is 4.58. The third kappa shape index (κ3) is 2.28. The molecule has 0 radical (unpaired) electrons. The molecule has 21 heavy (non-hydrogen) atoms. The van der Waals surface area contributed by atoms with Crippen LogP contribution in [0.2, 0.25) is 0 Å². The molecule has 1 aromatic carbocycles. The summed E-state index contributed by atoms with van der Waals surface area (Å²) in [7, 11) is -0.371. The quantitative estimate of drug-likeness (QED) is 0.798. The van der Waals surface area contributed by atoms with Gasteiger partial charge in [0.05, 0.1) is 11.2 Å². The molecule has 1 N–H and O–H groups in total. The van der Waals surface area contributed by atoms with Crippen molar-refractivity contribution in [2.45, 2.75) is 52.2 Å². The fourth-order valence-corrected chi connectivity index (χ4v) is 2.93. The van der Waals surface area contributed by atoms with Gasteiger partial charge in [-0.3, -0.25) is 4.79 Å². The number of rotatable bonds is 1. The molecule has 0 spiro atoms. The molecule has 3 rings (SSSR count). The topological polar surface area (TPSA) is 47.6 Å². The van der Waals surface area contributed by atoms with Crippen molar-refractivity contribution in [3.8, 4) is 0 Å². The fourth-order valence-electron chi connectivity index (χ4n) is 2.93. The first-order chi connectivity index (χ1) is 9.71. The van der Waals surface area contributed by atoms with Crippen LogP contribution in [0, 0.1) is 6.92 Å². The Balaban J connectivity index is 1.99. The van der Waals surface area contributed by atoms with Crippen LogP contribution in [0.3, 0.4) is 0 Å². The summed E-state index contributed by atoms with van der Waals surface area (Å²) in [5, 5.41) is 2.89. The monoisotopic (exact) mass is 287 g/mol. The van der Waals surface area contributed by atoms with Crippen molar-refractivity contribution < 1.29 is 14.1 Å². The maximum Gasteiger partial charge on any atom is 0.494 e. The van der Waals surface area contributed by atoms with E-state index in [1.807, 2.05) is 40.7 Å². The molecule has 0 bridgehead atoms. The maximum atomic E-state index is 12.0. The lowest BCUT2D eigenvalue weighted by Gasteiger charge is -2.32. The van der Waals surface area contributed by atoms with Crippen molar-refractivity contribution >= 4 is 18.5 Å². The van der Waals surface area contributed by atoms with Crippen molar-refractivity contribution in [2.24, 2.45) is 0 Å². The number of hydrogen-bond acceptors (Lipinski definition) is 3. The molecule has 2 aliphatic rings. The van der Waals surface area contributed by atoms with Crippen molar-refractivity contribution in [1.82, 2.24) is 5.32 Å². The van der Waals surface area contributed by atoms with Gasteiger partial charge in [0.2, 0.25) is 0 Å². The first-order valence-electron chi connectivity index (χ1n) is 7.48. The lowest BCUT2D eigenvalue weighted by Crippen LogP contribution is -2.41. The molecule has 112 valence electrons. The average molecular weight is 287 g/mol. The zero-order valence-electron chi connectivity index (χ0n) is 13.4. The van der Waals surface area contributed by atoms with Crippen LogP contribution in [-0.4, -0.2) is 30.8 Å². The minimum Gasteiger partial charge on any atom is -0.399 e. The van der Waals surface area contributed by atoms with Crippen LogP contribution in [-0.2, 0) is 15.7 Å². The minimum absolute atomic E-state index is 0.0224. The number of amides is 1. The van der Waals surface area contributed by atoms with Gasteiger partial charge in [0, 0.05) is 12.1 Å². The lowest BCUT2D eigenvalue weighted by atomic mass is 9.75. The smallest absolute Gasteiger partial charge is 0.399 e. The van der Waals surface area contributed by atoms with E-state index in [9.17, 15) is 4.79 Å². The van der Waals surface area contributed by atoms with Gasteiger partial charge in [-0.25, -0.2) is 0 Å². The van der Waals surface area contributed by atoms with Gasteiger partial charge in [0.15, 0.2) is 0 Å². The van der Waals surface area contributed by atoms with Crippen LogP contribution in [0.15, 0.2) is 12.1 Å². The van der Waals surface area contributed by atoms with Crippen LogP contribution in [0.1, 0.15) is 49.2 Å². The van der Waals surface area contributed by atoms with Crippen molar-refractivity contribution in [3.63, 3.8) is 0 Å². The van der Waals surface area contributed by atoms with Gasteiger partial charge in [-0.2, -0.15) is 0 Å². The zero-order valence-corrected chi connectivity index (χ0v) is 13.4. The number of carbonyl (C=O) groups is 1. The summed E-state index contributed by atoms with van der Waals surface area (Å²) in [6.07, 6.45) is 0.856. The SMILES string of the molecule is Cc1cc(B2OC(C)(C)C(C)(C)O2)cc2c1C(=O)NCC2. The second-order valence-electron chi connectivity index (χ2n) is 6.97. The Morgan fingerprint density at radius 1 is 1.14 bits per heavy atom. The molecule has 0 saturated carbocycles. The van der Waals surface area contributed by atoms with E-state index >= 15 is 0 Å². The van der Waals surface area contributed by atoms with E-state index in [0.717, 1.165) is 28.6 Å². The Morgan fingerprint density at radius 2 is 1.76 bits per heavy atom. The summed E-state index contributed by atoms with van der Waals surface area (Å²) in [5.74, 6) is 0.0224. The highest BCUT2D eigenvalue weighted by molar-refractivity contribution is 6.62. The van der Waals surface area contributed by atoms with Crippen LogP contribution >= 0.6 is 0 Å². The first kappa shape index (κ1) is 14.6. The lowest BCUT2D eigenvalue weighted by molar-refractivity contribution is 0.00578. The highest BCUT2D eigenvalue weighted by atomic mass is 16.7. The summed E-state index contributed by atoms with van der Waals surface area (Å²) in [4.78, 5) is 12.0. The molecule has 2 aliphatic heterocycles. The van der Waals surface area contributed by atoms with Gasteiger partial charge >= 0.3 is 7.12 Å². The molecule has 0 atom stereocenters. The molecule has 1 amide bonds. The highest BCUT2D eigenvalue weighted by Crippen LogP contribution is 2.36. The van der Waals surface area contributed by atoms with E-state index in [-0.39, 0.29) is 24.2 Å². The second-order valence-corrected chi connectivity index (χ2v) is 6.97. The third-order valence-electron chi connectivity index (χ3n) is 4.87. The Hall–Kier alpha value is -1.33. The summed E-state index contributed by atoms with van der Waals surface area (Å²) in [6, 6.07) is 4.06. The van der Waals surface area contributed by atoms with Crippen molar-refractivity contribution in [3.05, 3.63) is 28.8 Å². The van der Waals surface area contributed by atoms with Gasteiger partial charge in [-0.05, 0) is 57.6 Å². The number of hydrogen-bond donors (Lipinski definition) is 1. The van der Waals surface area contributed by atoms with E-state index < -0.39 is 0 Å². The molecule has 2 heterocycles. The highest BCUT2D eigenvalue weighted by Gasteiger charge is 2.51. The zero-order chi connectivity index (χ0) is 15.4. The molecule has 1 fully saturated rings. The fraction of sp³-hybridized carbons (Fsp3) is 0.562. The predicted molar refractivity (Wildman–Crippen MR) is 82.9 cm³/mol. The first-order valence-corrected chi connectivity index (χ1v) is 7.48. The molecule has 1 aromatic rings. The van der Waals surface area contributed by atoms with Gasteiger partial charge in [-0.15, -0.1) is 0 Å². The number of fused-ring (bicyclic) bond motifs is 1. The number of benzene rings is 1. The van der Waals surface area contributed by atoms with E-state index in [4.69, 9.17) is 9.31 Å². The maximum absolute atomic E-state index is 12.0. The third-order valence-corrected chi connectivity index (χ3v) is 4.87. The van der Waals surface area contributed by atoms with E-state index in [0.29, 0.717) is 6.54 Å². The van der Waals surface area contributed by atoms with E-state index in [1.165, 1.54) is 0 Å². The standard InChI is InChI=1S/C16H22BNO3/c1-10-8-12(9-11-6-7-18-14(19)13(10)11)17-20-15(2,3)16(4,5)21-17/h8-9H,6-7H2,1-5H3,(H,18,19). The molecule has 0 aromatic heterocycles. The Labute approximate surface area is 126 Å². The summed E-state index contributed by atoms with van der Waals surface area (Å²) in [5.41, 5.74) is 3.18. The van der Waals surface area contributed by atoms with Gasteiger partial charge in [0.1, 0.15) is 0 Å². The van der Waals surface area contributed by atoms with Crippen LogP contribution in [0.5, 0.6) is 0 Å². The number of nitrogens with one attached hydrogen (secondary N) is 1. The average Bonchev–Trinajstić information content (AvgIpc) is 2.58. The molecular weight excluding hydrogens is 265 g/mol. The Kier molecular flexibility index (Phi) is 3.19. The molecule has 4 nitrogen and oxygen atoms in total. The van der Waals surface area contributed by atoms with Crippen LogP contribution < -0.4 is 10.8 Å². The normalized spacial score (nSPS) is 22.9. The predicted octanol–water partition coefficient (Wildman–Crippen LogP) is 1.58. The van der Waals surface area contributed by atoms with E-state index in [1.54, 1.807) is 0 Å². The largest absolute Gasteiger partial charge is 0.494 e. The van der Waals surface area contributed by atoms with Crippen LogP contribution in [0.25, 0.3) is 0 Å². The van der Waals surface area contributed by atoms with Gasteiger partial charge in [0.25, 0.3) is 5.91 Å². The molecule has 0 unspecified atom stereocenters. The van der Waals surface area contributed by atoms with Crippen LogP contribution in [0.4, 0.5) is 0 Å². The van der Waals surface area contributed by atoms with Gasteiger partial charge < -0.3 is 14.6 Å². The number of carbonyl (C=O) groups excluding carboxylic acids is 1. The van der Waals surface area contributed by atoms with Crippen molar-refractivity contribution in [2.75, 3.05) is 6.54 Å².